The minimum atomic E-state index is -4.13. The lowest BCUT2D eigenvalue weighted by Gasteiger charge is -2.32. The predicted octanol–water partition coefficient (Wildman–Crippen LogP) is 3.87. The summed E-state index contributed by atoms with van der Waals surface area (Å²) >= 11 is 1.45. The first-order valence-corrected chi connectivity index (χ1v) is 12.7. The zero-order chi connectivity index (χ0) is 24.1. The molecule has 0 aromatic carbocycles. The van der Waals surface area contributed by atoms with Crippen LogP contribution in [0.1, 0.15) is 54.1 Å². The third kappa shape index (κ3) is 7.43. The Morgan fingerprint density at radius 3 is 2.79 bits per heavy atom. The Bertz CT molecular complexity index is 953. The van der Waals surface area contributed by atoms with Crippen LogP contribution in [0.2, 0.25) is 0 Å². The molecule has 3 heterocycles. The Hall–Kier alpha value is -2.14. The molecule has 0 spiro atoms. The van der Waals surface area contributed by atoms with Gasteiger partial charge in [-0.1, -0.05) is 0 Å². The van der Waals surface area contributed by atoms with Gasteiger partial charge in [0.1, 0.15) is 0 Å². The SMILES string of the molecule is Cn1cc(OCC(=O)NC2CCC(CCN3CCc4sc(CCC(F)(F)F)nc4C3)CC2)cn1. The molecular weight excluding hydrogens is 467 g/mol. The highest BCUT2D eigenvalue weighted by Gasteiger charge is 2.29. The molecule has 1 saturated carbocycles. The van der Waals surface area contributed by atoms with Crippen LogP contribution in [0.25, 0.3) is 0 Å². The van der Waals surface area contributed by atoms with Gasteiger partial charge in [-0.3, -0.25) is 14.4 Å². The Balaban J connectivity index is 1.12. The molecule has 0 saturated heterocycles. The number of thiazole rings is 1. The van der Waals surface area contributed by atoms with Gasteiger partial charge in [-0.25, -0.2) is 4.98 Å². The van der Waals surface area contributed by atoms with Crippen LogP contribution in [0, 0.1) is 5.92 Å². The average molecular weight is 500 g/mol. The number of aromatic nitrogens is 3. The molecule has 0 unspecified atom stereocenters. The van der Waals surface area contributed by atoms with Crippen molar-refractivity contribution in [2.24, 2.45) is 13.0 Å². The van der Waals surface area contributed by atoms with Crippen LogP contribution in [-0.4, -0.2) is 57.5 Å². The van der Waals surface area contributed by atoms with Crippen LogP contribution in [-0.2, 0) is 31.2 Å². The molecular formula is C23H32F3N5O2S. The topological polar surface area (TPSA) is 72.3 Å². The minimum Gasteiger partial charge on any atom is -0.480 e. The number of amides is 1. The molecule has 34 heavy (non-hydrogen) atoms. The van der Waals surface area contributed by atoms with Crippen LogP contribution >= 0.6 is 11.3 Å². The highest BCUT2D eigenvalue weighted by atomic mass is 32.1. The first-order chi connectivity index (χ1) is 16.2. The summed E-state index contributed by atoms with van der Waals surface area (Å²) in [5, 5.41) is 7.70. The molecule has 188 valence electrons. The van der Waals surface area contributed by atoms with E-state index in [-0.39, 0.29) is 25.0 Å². The number of ether oxygens (including phenoxy) is 1. The average Bonchev–Trinajstić information content (AvgIpc) is 3.40. The largest absolute Gasteiger partial charge is 0.480 e. The Morgan fingerprint density at radius 2 is 2.09 bits per heavy atom. The summed E-state index contributed by atoms with van der Waals surface area (Å²) in [6.07, 6.45) is 4.46. The maximum atomic E-state index is 12.5. The quantitative estimate of drug-likeness (QED) is 0.567. The Labute approximate surface area is 201 Å². The number of nitrogens with zero attached hydrogens (tertiary/aromatic N) is 4. The van der Waals surface area contributed by atoms with Crippen LogP contribution in [0.3, 0.4) is 0 Å². The van der Waals surface area contributed by atoms with E-state index in [2.05, 4.69) is 20.3 Å². The van der Waals surface area contributed by atoms with Crippen LogP contribution in [0.4, 0.5) is 13.2 Å². The van der Waals surface area contributed by atoms with E-state index in [9.17, 15) is 18.0 Å². The lowest BCUT2D eigenvalue weighted by molar-refractivity contribution is -0.134. The number of fused-ring (bicyclic) bond motifs is 1. The molecule has 1 aliphatic heterocycles. The third-order valence-electron chi connectivity index (χ3n) is 6.59. The standard InChI is InChI=1S/C23H32F3N5O2S/c1-30-13-18(12-27-30)33-15-21(32)28-17-4-2-16(3-5-17)7-10-31-11-8-20-19(14-31)29-22(34-20)6-9-23(24,25)26/h12-13,16-17H,2-11,14-15H2,1H3,(H,28,32). The molecule has 0 bridgehead atoms. The second-order valence-electron chi connectivity index (χ2n) is 9.33. The van der Waals surface area contributed by atoms with Gasteiger partial charge < -0.3 is 10.1 Å². The van der Waals surface area contributed by atoms with E-state index < -0.39 is 12.6 Å². The fraction of sp³-hybridized carbons (Fsp3) is 0.696. The summed E-state index contributed by atoms with van der Waals surface area (Å²) in [7, 11) is 1.80. The molecule has 0 radical (unpaired) electrons. The van der Waals surface area contributed by atoms with E-state index in [1.165, 1.54) is 11.3 Å². The Morgan fingerprint density at radius 1 is 1.29 bits per heavy atom. The Kier molecular flexibility index (Phi) is 8.13. The zero-order valence-electron chi connectivity index (χ0n) is 19.4. The molecule has 0 atom stereocenters. The van der Waals surface area contributed by atoms with Gasteiger partial charge in [0.2, 0.25) is 0 Å². The van der Waals surface area contributed by atoms with Crippen molar-refractivity contribution in [2.45, 2.75) is 70.1 Å². The summed E-state index contributed by atoms with van der Waals surface area (Å²) in [6, 6.07) is 0.198. The molecule has 4 rings (SSSR count). The predicted molar refractivity (Wildman–Crippen MR) is 123 cm³/mol. The van der Waals surface area contributed by atoms with E-state index in [0.717, 1.165) is 68.7 Å². The van der Waals surface area contributed by atoms with E-state index >= 15 is 0 Å². The van der Waals surface area contributed by atoms with Gasteiger partial charge >= 0.3 is 6.18 Å². The lowest BCUT2D eigenvalue weighted by atomic mass is 9.84. The van der Waals surface area contributed by atoms with Crippen LogP contribution < -0.4 is 10.1 Å². The lowest BCUT2D eigenvalue weighted by Crippen LogP contribution is -2.40. The number of rotatable bonds is 9. The highest BCUT2D eigenvalue weighted by Crippen LogP contribution is 2.30. The summed E-state index contributed by atoms with van der Waals surface area (Å²) in [5.74, 6) is 1.12. The second kappa shape index (κ2) is 11.1. The normalized spacial score (nSPS) is 21.3. The maximum absolute atomic E-state index is 12.5. The molecule has 7 nitrogen and oxygen atoms in total. The van der Waals surface area contributed by atoms with Crippen molar-refractivity contribution in [2.75, 3.05) is 19.7 Å². The molecule has 2 aromatic rings. The summed E-state index contributed by atoms with van der Waals surface area (Å²) < 4.78 is 44.6. The molecule has 2 aromatic heterocycles. The number of halogens is 3. The maximum Gasteiger partial charge on any atom is 0.389 e. The molecule has 1 N–H and O–H groups in total. The van der Waals surface area contributed by atoms with Gasteiger partial charge in [-0.15, -0.1) is 11.3 Å². The van der Waals surface area contributed by atoms with Crippen LogP contribution in [0.5, 0.6) is 5.75 Å². The minimum absolute atomic E-state index is 0.00287. The van der Waals surface area contributed by atoms with Crippen molar-refractivity contribution < 1.29 is 22.7 Å². The van der Waals surface area contributed by atoms with Crippen molar-refractivity contribution in [3.63, 3.8) is 0 Å². The van der Waals surface area contributed by atoms with Gasteiger partial charge in [0.15, 0.2) is 12.4 Å². The van der Waals surface area contributed by atoms with Gasteiger partial charge in [-0.05, 0) is 51.0 Å². The number of aryl methyl sites for hydroxylation is 2. The molecule has 2 aliphatic rings. The summed E-state index contributed by atoms with van der Waals surface area (Å²) in [6.45, 7) is 2.66. The smallest absolute Gasteiger partial charge is 0.389 e. The molecule has 1 aliphatic carbocycles. The monoisotopic (exact) mass is 499 g/mol. The number of nitrogens with one attached hydrogen (secondary N) is 1. The molecule has 1 fully saturated rings. The second-order valence-corrected chi connectivity index (χ2v) is 10.5. The number of hydrogen-bond acceptors (Lipinski definition) is 6. The fourth-order valence-electron chi connectivity index (χ4n) is 4.70. The van der Waals surface area contributed by atoms with Crippen molar-refractivity contribution in [3.8, 4) is 5.75 Å². The van der Waals surface area contributed by atoms with Crippen LogP contribution in [0.15, 0.2) is 12.4 Å². The van der Waals surface area contributed by atoms with E-state index in [1.807, 2.05) is 0 Å². The van der Waals surface area contributed by atoms with E-state index in [0.29, 0.717) is 16.7 Å². The molecule has 11 heteroatoms. The number of alkyl halides is 3. The summed E-state index contributed by atoms with van der Waals surface area (Å²) in [5.41, 5.74) is 0.966. The zero-order valence-corrected chi connectivity index (χ0v) is 20.3. The van der Waals surface area contributed by atoms with Gasteiger partial charge in [0.25, 0.3) is 5.91 Å². The van der Waals surface area contributed by atoms with Crippen molar-refractivity contribution >= 4 is 17.2 Å². The highest BCUT2D eigenvalue weighted by molar-refractivity contribution is 7.11. The fourth-order valence-corrected chi connectivity index (χ4v) is 5.77. The molecule has 1 amide bonds. The van der Waals surface area contributed by atoms with Gasteiger partial charge in [0, 0.05) is 43.9 Å². The van der Waals surface area contributed by atoms with Crippen molar-refractivity contribution in [1.29, 1.82) is 0 Å². The van der Waals surface area contributed by atoms with Crippen molar-refractivity contribution in [1.82, 2.24) is 25.0 Å². The van der Waals surface area contributed by atoms with E-state index in [1.54, 1.807) is 24.1 Å². The van der Waals surface area contributed by atoms with Crippen molar-refractivity contribution in [3.05, 3.63) is 28.0 Å². The van der Waals surface area contributed by atoms with E-state index in [4.69, 9.17) is 4.74 Å². The van der Waals surface area contributed by atoms with Gasteiger partial charge in [-0.2, -0.15) is 18.3 Å². The first kappa shape index (κ1) is 25.0. The van der Waals surface area contributed by atoms with Gasteiger partial charge in [0.05, 0.1) is 23.1 Å². The number of carbonyl (C=O) groups excluding carboxylic acids is 1. The summed E-state index contributed by atoms with van der Waals surface area (Å²) in [4.78, 5) is 20.2. The number of hydrogen-bond donors (Lipinski definition) is 1. The third-order valence-corrected chi connectivity index (χ3v) is 7.81. The number of carbonyl (C=O) groups is 1. The first-order valence-electron chi connectivity index (χ1n) is 11.9.